The predicted molar refractivity (Wildman–Crippen MR) is 108 cm³/mol. The lowest BCUT2D eigenvalue weighted by atomic mass is 9.88. The van der Waals surface area contributed by atoms with Crippen LogP contribution in [0.2, 0.25) is 0 Å². The zero-order valence-corrected chi connectivity index (χ0v) is 17.1. The first-order valence-corrected chi connectivity index (χ1v) is 11.2. The summed E-state index contributed by atoms with van der Waals surface area (Å²) in [7, 11) is 0. The Kier molecular flexibility index (Phi) is 4.96. The molecule has 30 heavy (non-hydrogen) atoms. The Bertz CT molecular complexity index is 845. The molecule has 6 heteroatoms. The van der Waals surface area contributed by atoms with Crippen molar-refractivity contribution < 1.29 is 18.0 Å². The molecule has 162 valence electrons. The van der Waals surface area contributed by atoms with Gasteiger partial charge in [0.05, 0.1) is 5.56 Å². The normalized spacial score (nSPS) is 31.3. The monoisotopic (exact) mass is 418 g/mol. The zero-order chi connectivity index (χ0) is 20.9. The smallest absolute Gasteiger partial charge is 0.339 e. The van der Waals surface area contributed by atoms with Crippen molar-refractivity contribution in [3.05, 3.63) is 47.5 Å². The number of allylic oxidation sites excluding steroid dienone is 2. The lowest BCUT2D eigenvalue weighted by Gasteiger charge is -2.30. The largest absolute Gasteiger partial charge is 0.416 e. The molecule has 0 radical (unpaired) electrons. The Morgan fingerprint density at radius 2 is 2.03 bits per heavy atom. The van der Waals surface area contributed by atoms with Crippen molar-refractivity contribution in [1.82, 2.24) is 10.2 Å². The molecule has 3 aliphatic carbocycles. The van der Waals surface area contributed by atoms with Gasteiger partial charge in [-0.1, -0.05) is 30.4 Å². The van der Waals surface area contributed by atoms with Gasteiger partial charge >= 0.3 is 6.18 Å². The van der Waals surface area contributed by atoms with Gasteiger partial charge in [0.15, 0.2) is 0 Å². The third kappa shape index (κ3) is 3.57. The highest BCUT2D eigenvalue weighted by molar-refractivity contribution is 5.78. The summed E-state index contributed by atoms with van der Waals surface area (Å²) in [6, 6.07) is 5.72. The van der Waals surface area contributed by atoms with Crippen LogP contribution in [0.5, 0.6) is 0 Å². The number of likely N-dealkylation sites (tertiary alicyclic amines) is 1. The molecule has 0 aromatic heterocycles. The standard InChI is InChI=1S/C24H29F3N2O/c25-24(26,27)19-3-1-2-16(12-19)14-28-11-8-20-5-7-22(30)29(20)15-17-13-18-4-6-21(17)23(18)9-10-23/h1-4,6,12,17-18,20-21,28H,5,7-11,13-15H2/t17?,18-,20?,21+/m0/s1. The fourth-order valence-electron chi connectivity index (χ4n) is 6.29. The van der Waals surface area contributed by atoms with Gasteiger partial charge in [-0.2, -0.15) is 13.2 Å². The molecule has 1 N–H and O–H groups in total. The number of alkyl halides is 3. The quantitative estimate of drug-likeness (QED) is 0.511. The highest BCUT2D eigenvalue weighted by atomic mass is 19.4. The predicted octanol–water partition coefficient (Wildman–Crippen LogP) is 4.78. The number of hydrogen-bond donors (Lipinski definition) is 1. The molecular weight excluding hydrogens is 389 g/mol. The Morgan fingerprint density at radius 3 is 2.77 bits per heavy atom. The van der Waals surface area contributed by atoms with Crippen LogP contribution in [0.3, 0.4) is 0 Å². The van der Waals surface area contributed by atoms with Crippen molar-refractivity contribution in [2.75, 3.05) is 13.1 Å². The van der Waals surface area contributed by atoms with Gasteiger partial charge in [0.25, 0.3) is 0 Å². The Labute approximate surface area is 175 Å². The SMILES string of the molecule is O=C1CCC(CCNCc2cccc(C(F)(F)F)c2)N1CC1C[C@@H]2C=C[C@H]1C21CC1. The molecule has 1 spiro atoms. The molecule has 1 aliphatic heterocycles. The van der Waals surface area contributed by atoms with Crippen molar-refractivity contribution in [1.29, 1.82) is 0 Å². The van der Waals surface area contributed by atoms with E-state index in [9.17, 15) is 18.0 Å². The second kappa shape index (κ2) is 7.40. The van der Waals surface area contributed by atoms with Crippen LogP contribution in [0, 0.1) is 23.2 Å². The summed E-state index contributed by atoms with van der Waals surface area (Å²) in [5, 5.41) is 3.27. The van der Waals surface area contributed by atoms with Crippen molar-refractivity contribution in [2.24, 2.45) is 23.2 Å². The van der Waals surface area contributed by atoms with E-state index < -0.39 is 11.7 Å². The van der Waals surface area contributed by atoms with E-state index in [4.69, 9.17) is 0 Å². The molecule has 4 aliphatic rings. The second-order valence-electron chi connectivity index (χ2n) is 9.65. The van der Waals surface area contributed by atoms with E-state index in [0.717, 1.165) is 31.4 Å². The third-order valence-electron chi connectivity index (χ3n) is 7.97. The van der Waals surface area contributed by atoms with Crippen LogP contribution < -0.4 is 5.32 Å². The molecule has 1 aromatic carbocycles. The minimum atomic E-state index is -4.31. The maximum atomic E-state index is 12.9. The summed E-state index contributed by atoms with van der Waals surface area (Å²) in [5.74, 6) is 2.27. The van der Waals surface area contributed by atoms with E-state index in [1.54, 1.807) is 6.07 Å². The van der Waals surface area contributed by atoms with Gasteiger partial charge in [-0.25, -0.2) is 0 Å². The fourth-order valence-corrected chi connectivity index (χ4v) is 6.29. The zero-order valence-electron chi connectivity index (χ0n) is 17.1. The maximum absolute atomic E-state index is 12.9. The average Bonchev–Trinajstić information content (AvgIpc) is 3.26. The van der Waals surface area contributed by atoms with Crippen LogP contribution in [0.1, 0.15) is 49.7 Å². The molecule has 1 saturated heterocycles. The Balaban J connectivity index is 1.12. The summed E-state index contributed by atoms with van der Waals surface area (Å²) < 4.78 is 38.6. The number of nitrogens with one attached hydrogen (secondary N) is 1. The third-order valence-corrected chi connectivity index (χ3v) is 7.97. The van der Waals surface area contributed by atoms with E-state index in [1.165, 1.54) is 31.4 Å². The number of halogens is 3. The number of amides is 1. The van der Waals surface area contributed by atoms with Gasteiger partial charge in [-0.05, 0) is 73.4 Å². The molecule has 2 saturated carbocycles. The number of benzene rings is 1. The van der Waals surface area contributed by atoms with Crippen molar-refractivity contribution in [3.8, 4) is 0 Å². The van der Waals surface area contributed by atoms with Gasteiger partial charge in [-0.3, -0.25) is 4.79 Å². The molecule has 1 heterocycles. The summed E-state index contributed by atoms with van der Waals surface area (Å²) >= 11 is 0. The van der Waals surface area contributed by atoms with E-state index in [-0.39, 0.29) is 11.9 Å². The van der Waals surface area contributed by atoms with Gasteiger partial charge in [0.1, 0.15) is 0 Å². The van der Waals surface area contributed by atoms with Crippen molar-refractivity contribution in [3.63, 3.8) is 0 Å². The number of carbonyl (C=O) groups is 1. The van der Waals surface area contributed by atoms with Crippen LogP contribution >= 0.6 is 0 Å². The molecule has 3 nitrogen and oxygen atoms in total. The van der Waals surface area contributed by atoms with Crippen LogP contribution in [0.25, 0.3) is 0 Å². The second-order valence-corrected chi connectivity index (χ2v) is 9.65. The minimum absolute atomic E-state index is 0.254. The summed E-state index contributed by atoms with van der Waals surface area (Å²) in [6.45, 7) is 1.99. The molecule has 1 amide bonds. The first kappa shape index (κ1) is 20.1. The number of rotatable bonds is 7. The Morgan fingerprint density at radius 1 is 1.20 bits per heavy atom. The van der Waals surface area contributed by atoms with Crippen molar-refractivity contribution >= 4 is 5.91 Å². The summed E-state index contributed by atoms with van der Waals surface area (Å²) in [5.41, 5.74) is 0.575. The van der Waals surface area contributed by atoms with E-state index >= 15 is 0 Å². The van der Waals surface area contributed by atoms with Gasteiger partial charge < -0.3 is 10.2 Å². The first-order chi connectivity index (χ1) is 14.4. The minimum Gasteiger partial charge on any atom is -0.339 e. The molecule has 5 rings (SSSR count). The average molecular weight is 419 g/mol. The van der Waals surface area contributed by atoms with E-state index in [0.29, 0.717) is 42.3 Å². The Hall–Kier alpha value is -1.82. The van der Waals surface area contributed by atoms with Gasteiger partial charge in [0.2, 0.25) is 5.91 Å². The highest BCUT2D eigenvalue weighted by Crippen LogP contribution is 2.70. The molecule has 3 fully saturated rings. The summed E-state index contributed by atoms with van der Waals surface area (Å²) in [6.07, 6.45) is 6.82. The van der Waals surface area contributed by atoms with Gasteiger partial charge in [0, 0.05) is 25.6 Å². The van der Waals surface area contributed by atoms with Crippen LogP contribution in [0.4, 0.5) is 13.2 Å². The molecular formula is C24H29F3N2O. The van der Waals surface area contributed by atoms with Crippen LogP contribution in [0.15, 0.2) is 36.4 Å². The molecule has 2 bridgehead atoms. The molecule has 1 aromatic rings. The fraction of sp³-hybridized carbons (Fsp3) is 0.625. The lowest BCUT2D eigenvalue weighted by Crippen LogP contribution is -2.39. The topological polar surface area (TPSA) is 32.3 Å². The van der Waals surface area contributed by atoms with Crippen LogP contribution in [-0.4, -0.2) is 29.9 Å². The number of hydrogen-bond acceptors (Lipinski definition) is 2. The number of carbonyl (C=O) groups excluding carboxylic acids is 1. The summed E-state index contributed by atoms with van der Waals surface area (Å²) in [4.78, 5) is 14.6. The van der Waals surface area contributed by atoms with E-state index in [2.05, 4.69) is 22.4 Å². The number of nitrogens with zero attached hydrogens (tertiary/aromatic N) is 1. The van der Waals surface area contributed by atoms with Crippen molar-refractivity contribution in [2.45, 2.75) is 57.3 Å². The molecule has 2 unspecified atom stereocenters. The van der Waals surface area contributed by atoms with E-state index in [1.807, 2.05) is 0 Å². The first-order valence-electron chi connectivity index (χ1n) is 11.2. The van der Waals surface area contributed by atoms with Gasteiger partial charge in [-0.15, -0.1) is 0 Å². The maximum Gasteiger partial charge on any atom is 0.416 e. The van der Waals surface area contributed by atoms with Crippen LogP contribution in [-0.2, 0) is 17.5 Å². The highest BCUT2D eigenvalue weighted by Gasteiger charge is 2.62. The molecule has 4 atom stereocenters. The lowest BCUT2D eigenvalue weighted by molar-refractivity contribution is -0.137.